The lowest BCUT2D eigenvalue weighted by molar-refractivity contribution is -0.193. The van der Waals surface area contributed by atoms with Crippen LogP contribution in [-0.2, 0) is 16.6 Å². The van der Waals surface area contributed by atoms with E-state index in [1.54, 1.807) is 4.68 Å². The molecule has 2 fully saturated rings. The van der Waals surface area contributed by atoms with E-state index in [1.807, 2.05) is 24.1 Å². The molecule has 0 spiro atoms. The number of rotatable bonds is 2. The first-order valence-corrected chi connectivity index (χ1v) is 12.3. The van der Waals surface area contributed by atoms with Crippen LogP contribution in [0.2, 0.25) is 0 Å². The van der Waals surface area contributed by atoms with Gasteiger partial charge in [-0.1, -0.05) is 12.8 Å². The number of carboxylic acid groups (broad SMARTS) is 2. The van der Waals surface area contributed by atoms with E-state index in [1.165, 1.54) is 25.7 Å². The molecule has 4 N–H and O–H groups in total. The molecule has 17 heteroatoms. The Kier molecular flexibility index (Phi) is 11.1. The number of fused-ring (bicyclic) bond motifs is 1. The van der Waals surface area contributed by atoms with Crippen molar-refractivity contribution in [2.45, 2.75) is 56.9 Å². The molecule has 11 nitrogen and oxygen atoms in total. The van der Waals surface area contributed by atoms with E-state index in [2.05, 4.69) is 10.00 Å². The maximum absolute atomic E-state index is 12.9. The number of aliphatic carboxylic acids is 2. The average molecular weight is 585 g/mol. The third kappa shape index (κ3) is 9.24. The second-order valence-corrected chi connectivity index (χ2v) is 9.15. The van der Waals surface area contributed by atoms with Crippen LogP contribution >= 0.6 is 0 Å². The Morgan fingerprint density at radius 2 is 1.35 bits per heavy atom. The van der Waals surface area contributed by atoms with Crippen LogP contribution in [0, 0.1) is 0 Å². The molecule has 0 atom stereocenters. The SMILES string of the molecule is Cn1nc(C(=O)N2CCC(N)CC2)c2ccc(N3CCCCCC3)nc21.O=C(O)C(F)(F)F.O=C(O)C(F)(F)F. The summed E-state index contributed by atoms with van der Waals surface area (Å²) in [6.07, 6.45) is -3.44. The van der Waals surface area contributed by atoms with Gasteiger partial charge in [0, 0.05) is 39.3 Å². The highest BCUT2D eigenvalue weighted by Gasteiger charge is 2.39. The van der Waals surface area contributed by atoms with Crippen molar-refractivity contribution in [1.82, 2.24) is 19.7 Å². The summed E-state index contributed by atoms with van der Waals surface area (Å²) in [5, 5.41) is 19.6. The van der Waals surface area contributed by atoms with E-state index >= 15 is 0 Å². The molecule has 2 saturated heterocycles. The molecule has 0 unspecified atom stereocenters. The Hall–Kier alpha value is -3.63. The zero-order valence-electron chi connectivity index (χ0n) is 21.5. The second kappa shape index (κ2) is 13.6. The lowest BCUT2D eigenvalue weighted by Crippen LogP contribution is -2.43. The topological polar surface area (TPSA) is 155 Å². The van der Waals surface area contributed by atoms with E-state index in [0.717, 1.165) is 42.8 Å². The van der Waals surface area contributed by atoms with Crippen LogP contribution < -0.4 is 10.6 Å². The Bertz CT molecular complexity index is 1150. The summed E-state index contributed by atoms with van der Waals surface area (Å²) in [7, 11) is 1.87. The number of nitrogens with two attached hydrogens (primary N) is 1. The van der Waals surface area contributed by atoms with Crippen LogP contribution in [0.1, 0.15) is 49.0 Å². The number of anilines is 1. The standard InChI is InChI=1S/C19H28N6O.2C2HF3O2/c1-23-18-15(6-7-16(21-18)24-10-4-2-3-5-11-24)17(22-23)19(26)25-12-8-14(20)9-13-25;2*3-2(4,5)1(6)7/h6-7,14H,2-5,8-13,20H2,1H3;2*(H,6,7). The number of aromatic nitrogens is 3. The molecule has 0 bridgehead atoms. The molecule has 4 heterocycles. The minimum Gasteiger partial charge on any atom is -0.475 e. The van der Waals surface area contributed by atoms with Gasteiger partial charge in [0.05, 0.1) is 5.39 Å². The maximum atomic E-state index is 12.9. The molecule has 0 aromatic carbocycles. The quantitative estimate of drug-likeness (QED) is 0.452. The highest BCUT2D eigenvalue weighted by Crippen LogP contribution is 2.24. The van der Waals surface area contributed by atoms with Crippen LogP contribution in [0.15, 0.2) is 12.1 Å². The van der Waals surface area contributed by atoms with Gasteiger partial charge in [0.15, 0.2) is 11.3 Å². The highest BCUT2D eigenvalue weighted by atomic mass is 19.4. The number of hydrogen-bond acceptors (Lipinski definition) is 7. The van der Waals surface area contributed by atoms with Crippen molar-refractivity contribution < 1.29 is 50.9 Å². The van der Waals surface area contributed by atoms with Crippen LogP contribution in [0.3, 0.4) is 0 Å². The van der Waals surface area contributed by atoms with Crippen molar-refractivity contribution in [3.05, 3.63) is 17.8 Å². The van der Waals surface area contributed by atoms with Crippen molar-refractivity contribution in [2.24, 2.45) is 12.8 Å². The van der Waals surface area contributed by atoms with Crippen LogP contribution in [0.4, 0.5) is 32.2 Å². The molecule has 2 aliphatic rings. The third-order valence-electron chi connectivity index (χ3n) is 6.12. The maximum Gasteiger partial charge on any atom is 0.490 e. The Morgan fingerprint density at radius 1 is 0.875 bits per heavy atom. The number of carbonyl (C=O) groups is 3. The molecule has 0 aliphatic carbocycles. The van der Waals surface area contributed by atoms with Gasteiger partial charge in [-0.15, -0.1) is 0 Å². The number of nitrogens with zero attached hydrogens (tertiary/aromatic N) is 5. The molecule has 2 aromatic rings. The summed E-state index contributed by atoms with van der Waals surface area (Å²) in [6.45, 7) is 3.51. The monoisotopic (exact) mass is 584 g/mol. The Balaban J connectivity index is 0.000000333. The smallest absolute Gasteiger partial charge is 0.475 e. The van der Waals surface area contributed by atoms with Crippen molar-refractivity contribution in [3.8, 4) is 0 Å². The average Bonchev–Trinajstić information content (AvgIpc) is 3.02. The summed E-state index contributed by atoms with van der Waals surface area (Å²) in [5.74, 6) is -4.53. The van der Waals surface area contributed by atoms with Gasteiger partial charge in [0.1, 0.15) is 5.82 Å². The zero-order valence-corrected chi connectivity index (χ0v) is 21.5. The fourth-order valence-corrected chi connectivity index (χ4v) is 4.01. The van der Waals surface area contributed by atoms with Crippen LogP contribution in [0.5, 0.6) is 0 Å². The van der Waals surface area contributed by atoms with Crippen LogP contribution in [-0.4, -0.2) is 92.3 Å². The van der Waals surface area contributed by atoms with Gasteiger partial charge in [-0.25, -0.2) is 19.3 Å². The molecule has 4 rings (SSSR count). The van der Waals surface area contributed by atoms with E-state index in [4.69, 9.17) is 30.5 Å². The van der Waals surface area contributed by atoms with Crippen molar-refractivity contribution in [2.75, 3.05) is 31.1 Å². The number of amides is 1. The Morgan fingerprint density at radius 3 is 1.80 bits per heavy atom. The fourth-order valence-electron chi connectivity index (χ4n) is 4.01. The van der Waals surface area contributed by atoms with E-state index in [0.29, 0.717) is 18.8 Å². The van der Waals surface area contributed by atoms with E-state index < -0.39 is 24.3 Å². The van der Waals surface area contributed by atoms with Crippen molar-refractivity contribution in [3.63, 3.8) is 0 Å². The first-order valence-electron chi connectivity index (χ1n) is 12.3. The van der Waals surface area contributed by atoms with Gasteiger partial charge >= 0.3 is 24.3 Å². The second-order valence-electron chi connectivity index (χ2n) is 9.15. The number of alkyl halides is 6. The normalized spacial score (nSPS) is 16.8. The highest BCUT2D eigenvalue weighted by molar-refractivity contribution is 6.04. The van der Waals surface area contributed by atoms with Gasteiger partial charge in [-0.3, -0.25) is 4.79 Å². The minimum absolute atomic E-state index is 0.00757. The summed E-state index contributed by atoms with van der Waals surface area (Å²) < 4.78 is 65.2. The van der Waals surface area contributed by atoms with Gasteiger partial charge < -0.3 is 25.7 Å². The lowest BCUT2D eigenvalue weighted by Gasteiger charge is -2.29. The molecule has 224 valence electrons. The largest absolute Gasteiger partial charge is 0.490 e. The number of hydrogen-bond donors (Lipinski definition) is 3. The lowest BCUT2D eigenvalue weighted by atomic mass is 10.1. The molecule has 1 amide bonds. The summed E-state index contributed by atoms with van der Waals surface area (Å²) >= 11 is 0. The molecule has 40 heavy (non-hydrogen) atoms. The summed E-state index contributed by atoms with van der Waals surface area (Å²) in [6, 6.07) is 4.26. The zero-order chi connectivity index (χ0) is 30.3. The number of carbonyl (C=O) groups excluding carboxylic acids is 1. The molecule has 0 saturated carbocycles. The van der Waals surface area contributed by atoms with Crippen LogP contribution in [0.25, 0.3) is 11.0 Å². The first kappa shape index (κ1) is 32.6. The molecule has 2 aromatic heterocycles. The molecular weight excluding hydrogens is 554 g/mol. The third-order valence-corrected chi connectivity index (χ3v) is 6.12. The van der Waals surface area contributed by atoms with E-state index in [-0.39, 0.29) is 11.9 Å². The molecular formula is C23H30F6N6O5. The van der Waals surface area contributed by atoms with Crippen molar-refractivity contribution in [1.29, 1.82) is 0 Å². The number of halogens is 6. The number of carboxylic acids is 2. The van der Waals surface area contributed by atoms with E-state index in [9.17, 15) is 31.1 Å². The number of piperidine rings is 1. The number of pyridine rings is 1. The van der Waals surface area contributed by atoms with Gasteiger partial charge in [-0.05, 0) is 37.8 Å². The first-order chi connectivity index (χ1) is 18.5. The fraction of sp³-hybridized carbons (Fsp3) is 0.609. The minimum atomic E-state index is -5.08. The molecule has 2 aliphatic heterocycles. The summed E-state index contributed by atoms with van der Waals surface area (Å²) in [5.41, 5.74) is 7.25. The van der Waals surface area contributed by atoms with Crippen molar-refractivity contribution >= 4 is 34.7 Å². The summed E-state index contributed by atoms with van der Waals surface area (Å²) in [4.78, 5) is 39.8. The number of likely N-dealkylation sites (tertiary alicyclic amines) is 1. The number of aryl methyl sites for hydroxylation is 1. The van der Waals surface area contributed by atoms with Gasteiger partial charge in [-0.2, -0.15) is 31.4 Å². The Labute approximate surface area is 224 Å². The molecule has 0 radical (unpaired) electrons. The predicted octanol–water partition coefficient (Wildman–Crippen LogP) is 3.18. The van der Waals surface area contributed by atoms with Gasteiger partial charge in [0.25, 0.3) is 5.91 Å². The predicted molar refractivity (Wildman–Crippen MR) is 130 cm³/mol. The van der Waals surface area contributed by atoms with Gasteiger partial charge in [0.2, 0.25) is 0 Å².